The van der Waals surface area contributed by atoms with Crippen LogP contribution in [0.2, 0.25) is 0 Å². The summed E-state index contributed by atoms with van der Waals surface area (Å²) in [6, 6.07) is -0.0580. The Kier molecular flexibility index (Phi) is 5.79. The molecule has 108 valence electrons. The molecule has 19 heavy (non-hydrogen) atoms. The van der Waals surface area contributed by atoms with E-state index in [-0.39, 0.29) is 36.9 Å². The molecule has 1 amide bonds. The van der Waals surface area contributed by atoms with Crippen molar-refractivity contribution < 1.29 is 23.9 Å². The number of rotatable bonds is 4. The maximum Gasteiger partial charge on any atom is 0.409 e. The highest BCUT2D eigenvalue weighted by molar-refractivity contribution is 5.96. The molecule has 0 aliphatic carbocycles. The molecule has 2 atom stereocenters. The van der Waals surface area contributed by atoms with E-state index in [9.17, 15) is 14.4 Å². The molecule has 0 aromatic carbocycles. The fourth-order valence-electron chi connectivity index (χ4n) is 2.35. The predicted octanol–water partition coefficient (Wildman–Crippen LogP) is 1.38. The van der Waals surface area contributed by atoms with Gasteiger partial charge in [-0.25, -0.2) is 4.79 Å². The number of methoxy groups -OCH3 is 1. The maximum absolute atomic E-state index is 11.9. The topological polar surface area (TPSA) is 72.9 Å². The number of hydrogen-bond acceptors (Lipinski definition) is 5. The normalized spacial score (nSPS) is 22.8. The van der Waals surface area contributed by atoms with Crippen molar-refractivity contribution in [3.8, 4) is 0 Å². The number of carbonyl (C=O) groups excluding carboxylic acids is 3. The summed E-state index contributed by atoms with van der Waals surface area (Å²) in [6.45, 7) is 4.34. The van der Waals surface area contributed by atoms with Crippen molar-refractivity contribution in [1.29, 1.82) is 0 Å². The van der Waals surface area contributed by atoms with Crippen LogP contribution < -0.4 is 0 Å². The third-order valence-electron chi connectivity index (χ3n) is 3.36. The number of carbonyl (C=O) groups is 3. The zero-order chi connectivity index (χ0) is 14.4. The van der Waals surface area contributed by atoms with Crippen molar-refractivity contribution in [2.24, 2.45) is 5.92 Å². The molecule has 0 spiro atoms. The van der Waals surface area contributed by atoms with Gasteiger partial charge in [0.15, 0.2) is 0 Å². The summed E-state index contributed by atoms with van der Waals surface area (Å²) in [5.41, 5.74) is 0. The average Bonchev–Trinajstić information content (AvgIpc) is 2.37. The molecule has 1 rings (SSSR count). The molecule has 0 saturated carbocycles. The molecule has 0 unspecified atom stereocenters. The molecule has 6 nitrogen and oxygen atoms in total. The Bertz CT molecular complexity index is 355. The third kappa shape index (κ3) is 4.22. The number of ketones is 1. The second-order valence-electron chi connectivity index (χ2n) is 4.68. The SMILES string of the molecule is CCOC(=O)CC(=O)[C@@H]1CCN(C(=O)OC)[C@@H](C)C1. The number of likely N-dealkylation sites (tertiary alicyclic amines) is 1. The number of esters is 1. The molecule has 0 bridgehead atoms. The first-order chi connectivity index (χ1) is 8.99. The van der Waals surface area contributed by atoms with Gasteiger partial charge in [-0.05, 0) is 26.7 Å². The average molecular weight is 271 g/mol. The van der Waals surface area contributed by atoms with Gasteiger partial charge in [-0.2, -0.15) is 0 Å². The van der Waals surface area contributed by atoms with Gasteiger partial charge in [0.05, 0.1) is 13.7 Å². The summed E-state index contributed by atoms with van der Waals surface area (Å²) < 4.78 is 9.44. The molecule has 6 heteroatoms. The second kappa shape index (κ2) is 7.11. The van der Waals surface area contributed by atoms with E-state index in [0.29, 0.717) is 19.4 Å². The van der Waals surface area contributed by atoms with Gasteiger partial charge in [-0.15, -0.1) is 0 Å². The van der Waals surface area contributed by atoms with E-state index >= 15 is 0 Å². The first-order valence-corrected chi connectivity index (χ1v) is 6.52. The first kappa shape index (κ1) is 15.5. The molecule has 1 aliphatic rings. The van der Waals surface area contributed by atoms with E-state index < -0.39 is 5.97 Å². The van der Waals surface area contributed by atoms with Crippen molar-refractivity contribution in [1.82, 2.24) is 4.90 Å². The Hall–Kier alpha value is -1.59. The number of nitrogens with zero attached hydrogens (tertiary/aromatic N) is 1. The molecule has 0 radical (unpaired) electrons. The van der Waals surface area contributed by atoms with Crippen LogP contribution in [0.25, 0.3) is 0 Å². The third-order valence-corrected chi connectivity index (χ3v) is 3.36. The lowest BCUT2D eigenvalue weighted by atomic mass is 9.87. The molecule has 1 fully saturated rings. The zero-order valence-electron chi connectivity index (χ0n) is 11.7. The van der Waals surface area contributed by atoms with Gasteiger partial charge in [0.25, 0.3) is 0 Å². The maximum atomic E-state index is 11.9. The largest absolute Gasteiger partial charge is 0.466 e. The van der Waals surface area contributed by atoms with Gasteiger partial charge < -0.3 is 14.4 Å². The van der Waals surface area contributed by atoms with E-state index in [2.05, 4.69) is 4.74 Å². The van der Waals surface area contributed by atoms with Crippen LogP contribution in [0.4, 0.5) is 4.79 Å². The Morgan fingerprint density at radius 1 is 1.32 bits per heavy atom. The van der Waals surface area contributed by atoms with Gasteiger partial charge >= 0.3 is 12.1 Å². The number of hydrogen-bond donors (Lipinski definition) is 0. The minimum absolute atomic E-state index is 0.0580. The molecule has 1 saturated heterocycles. The lowest BCUT2D eigenvalue weighted by molar-refractivity contribution is -0.146. The van der Waals surface area contributed by atoms with Gasteiger partial charge in [-0.3, -0.25) is 9.59 Å². The quantitative estimate of drug-likeness (QED) is 0.570. The van der Waals surface area contributed by atoms with E-state index in [1.165, 1.54) is 7.11 Å². The second-order valence-corrected chi connectivity index (χ2v) is 4.68. The minimum Gasteiger partial charge on any atom is -0.466 e. The van der Waals surface area contributed by atoms with Crippen LogP contribution in [0.5, 0.6) is 0 Å². The van der Waals surface area contributed by atoms with Crippen molar-refractivity contribution in [2.45, 2.75) is 39.2 Å². The molecule has 1 aliphatic heterocycles. The molecular weight excluding hydrogens is 250 g/mol. The monoisotopic (exact) mass is 271 g/mol. The van der Waals surface area contributed by atoms with E-state index in [0.717, 1.165) is 0 Å². The smallest absolute Gasteiger partial charge is 0.409 e. The van der Waals surface area contributed by atoms with Gasteiger partial charge in [0, 0.05) is 18.5 Å². The predicted molar refractivity (Wildman–Crippen MR) is 67.6 cm³/mol. The number of ether oxygens (including phenoxy) is 2. The summed E-state index contributed by atoms with van der Waals surface area (Å²) in [5, 5.41) is 0. The summed E-state index contributed by atoms with van der Waals surface area (Å²) >= 11 is 0. The van der Waals surface area contributed by atoms with Crippen molar-refractivity contribution in [3.05, 3.63) is 0 Å². The molecule has 1 heterocycles. The van der Waals surface area contributed by atoms with Crippen LogP contribution >= 0.6 is 0 Å². The lowest BCUT2D eigenvalue weighted by Gasteiger charge is -2.35. The van der Waals surface area contributed by atoms with Gasteiger partial charge in [-0.1, -0.05) is 0 Å². The highest BCUT2D eigenvalue weighted by atomic mass is 16.5. The summed E-state index contributed by atoms with van der Waals surface area (Å²) in [5.74, 6) is -0.759. The van der Waals surface area contributed by atoms with Crippen molar-refractivity contribution >= 4 is 17.8 Å². The van der Waals surface area contributed by atoms with Crippen molar-refractivity contribution in [3.63, 3.8) is 0 Å². The van der Waals surface area contributed by atoms with Crippen LogP contribution in [0, 0.1) is 5.92 Å². The number of piperidine rings is 1. The fourth-order valence-corrected chi connectivity index (χ4v) is 2.35. The van der Waals surface area contributed by atoms with E-state index in [4.69, 9.17) is 4.74 Å². The van der Waals surface area contributed by atoms with Gasteiger partial charge in [0.2, 0.25) is 0 Å². The lowest BCUT2D eigenvalue weighted by Crippen LogP contribution is -2.46. The number of Topliss-reactive ketones (excluding diaryl/α,β-unsaturated/α-hetero) is 1. The Morgan fingerprint density at radius 2 is 2.00 bits per heavy atom. The Labute approximate surface area is 113 Å². The van der Waals surface area contributed by atoms with E-state index in [1.807, 2.05) is 6.92 Å². The summed E-state index contributed by atoms with van der Waals surface area (Å²) in [6.07, 6.45) is 0.581. The fraction of sp³-hybridized carbons (Fsp3) is 0.769. The molecule has 0 aromatic rings. The number of amides is 1. The van der Waals surface area contributed by atoms with E-state index in [1.54, 1.807) is 11.8 Å². The van der Waals surface area contributed by atoms with Crippen LogP contribution in [-0.2, 0) is 19.1 Å². The Morgan fingerprint density at radius 3 is 2.53 bits per heavy atom. The summed E-state index contributed by atoms with van der Waals surface area (Å²) in [4.78, 5) is 36.3. The minimum atomic E-state index is -0.476. The highest BCUT2D eigenvalue weighted by Gasteiger charge is 2.33. The van der Waals surface area contributed by atoms with Crippen LogP contribution in [0.1, 0.15) is 33.1 Å². The summed E-state index contributed by atoms with van der Waals surface area (Å²) in [7, 11) is 1.34. The molecule has 0 aromatic heterocycles. The molecule has 0 N–H and O–H groups in total. The van der Waals surface area contributed by atoms with Crippen LogP contribution in [0.15, 0.2) is 0 Å². The van der Waals surface area contributed by atoms with Crippen molar-refractivity contribution in [2.75, 3.05) is 20.3 Å². The van der Waals surface area contributed by atoms with Crippen LogP contribution in [0.3, 0.4) is 0 Å². The Balaban J connectivity index is 2.49. The zero-order valence-corrected chi connectivity index (χ0v) is 11.7. The van der Waals surface area contributed by atoms with Gasteiger partial charge in [0.1, 0.15) is 12.2 Å². The first-order valence-electron chi connectivity index (χ1n) is 6.52. The highest BCUT2D eigenvalue weighted by Crippen LogP contribution is 2.25. The molecular formula is C13H21NO5. The van der Waals surface area contributed by atoms with Crippen LogP contribution in [-0.4, -0.2) is 49.0 Å². The standard InChI is InChI=1S/C13H21NO5/c1-4-19-12(16)8-11(15)10-5-6-14(9(2)7-10)13(17)18-3/h9-10H,4-8H2,1-3H3/t9-,10+/m0/s1.